The first-order chi connectivity index (χ1) is 9.70. The van der Waals surface area contributed by atoms with Crippen molar-refractivity contribution in [3.8, 4) is 11.1 Å². The van der Waals surface area contributed by atoms with Gasteiger partial charge in [0.25, 0.3) is 6.01 Å². The average Bonchev–Trinajstić information content (AvgIpc) is 3.00. The van der Waals surface area contributed by atoms with E-state index in [0.29, 0.717) is 18.0 Å². The van der Waals surface area contributed by atoms with Crippen molar-refractivity contribution in [3.05, 3.63) is 47.5 Å². The van der Waals surface area contributed by atoms with Gasteiger partial charge in [-0.1, -0.05) is 18.2 Å². The van der Waals surface area contributed by atoms with Gasteiger partial charge in [0.1, 0.15) is 11.4 Å². The minimum Gasteiger partial charge on any atom is -0.424 e. The molecular formula is C15H12N4O. The topological polar surface area (TPSA) is 90.4 Å². The second-order valence-corrected chi connectivity index (χ2v) is 4.81. The van der Waals surface area contributed by atoms with Gasteiger partial charge in [-0.3, -0.25) is 4.99 Å². The van der Waals surface area contributed by atoms with Crippen LogP contribution in [0.3, 0.4) is 0 Å². The fourth-order valence-electron chi connectivity index (χ4n) is 2.53. The number of nitrogens with two attached hydrogens (primary N) is 2. The quantitative estimate of drug-likeness (QED) is 0.705. The SMILES string of the molecule is NC1=NCc2cc(-c3ccc4oc(N)nc4c3)ccc21. The molecule has 4 N–H and O–H groups in total. The number of oxazole rings is 1. The van der Waals surface area contributed by atoms with Crippen LogP contribution in [0.5, 0.6) is 0 Å². The Bertz CT molecular complexity index is 863. The molecule has 1 aliphatic heterocycles. The summed E-state index contributed by atoms with van der Waals surface area (Å²) in [5, 5.41) is 0. The molecule has 3 aromatic rings. The van der Waals surface area contributed by atoms with Crippen molar-refractivity contribution in [3.63, 3.8) is 0 Å². The van der Waals surface area contributed by atoms with E-state index in [-0.39, 0.29) is 6.01 Å². The van der Waals surface area contributed by atoms with Gasteiger partial charge >= 0.3 is 0 Å². The molecule has 0 spiro atoms. The van der Waals surface area contributed by atoms with Crippen LogP contribution < -0.4 is 11.5 Å². The third-order valence-electron chi connectivity index (χ3n) is 3.54. The third kappa shape index (κ3) is 1.56. The Labute approximate surface area is 114 Å². The lowest BCUT2D eigenvalue weighted by atomic mass is 9.99. The summed E-state index contributed by atoms with van der Waals surface area (Å²) in [5.74, 6) is 0.617. The van der Waals surface area contributed by atoms with Crippen LogP contribution in [-0.4, -0.2) is 10.8 Å². The van der Waals surface area contributed by atoms with E-state index in [1.54, 1.807) is 0 Å². The van der Waals surface area contributed by atoms with E-state index in [1.165, 1.54) is 0 Å². The van der Waals surface area contributed by atoms with Crippen molar-refractivity contribution in [2.75, 3.05) is 5.73 Å². The van der Waals surface area contributed by atoms with Crippen molar-refractivity contribution in [1.82, 2.24) is 4.98 Å². The molecule has 0 unspecified atom stereocenters. The molecule has 0 saturated heterocycles. The Morgan fingerprint density at radius 3 is 2.70 bits per heavy atom. The Morgan fingerprint density at radius 1 is 1.00 bits per heavy atom. The molecule has 0 fully saturated rings. The summed E-state index contributed by atoms with van der Waals surface area (Å²) in [6.07, 6.45) is 0. The maximum Gasteiger partial charge on any atom is 0.292 e. The zero-order chi connectivity index (χ0) is 13.7. The van der Waals surface area contributed by atoms with Gasteiger partial charge in [0.2, 0.25) is 0 Å². The number of hydrogen-bond acceptors (Lipinski definition) is 5. The molecular weight excluding hydrogens is 252 g/mol. The van der Waals surface area contributed by atoms with Crippen molar-refractivity contribution < 1.29 is 4.42 Å². The maximum atomic E-state index is 5.83. The number of benzene rings is 2. The Morgan fingerprint density at radius 2 is 1.80 bits per heavy atom. The minimum atomic E-state index is 0.187. The molecule has 0 amide bonds. The number of amidine groups is 1. The first-order valence-corrected chi connectivity index (χ1v) is 6.30. The molecule has 5 nitrogen and oxygen atoms in total. The zero-order valence-corrected chi connectivity index (χ0v) is 10.6. The molecule has 0 aliphatic carbocycles. The van der Waals surface area contributed by atoms with Crippen molar-refractivity contribution in [2.45, 2.75) is 6.54 Å². The van der Waals surface area contributed by atoms with E-state index in [1.807, 2.05) is 30.3 Å². The number of nitrogen functional groups attached to an aromatic ring is 1. The summed E-state index contributed by atoms with van der Waals surface area (Å²) < 4.78 is 5.28. The fraction of sp³-hybridized carbons (Fsp3) is 0.0667. The predicted molar refractivity (Wildman–Crippen MR) is 78.3 cm³/mol. The maximum absolute atomic E-state index is 5.83. The number of nitrogens with zero attached hydrogens (tertiary/aromatic N) is 2. The highest BCUT2D eigenvalue weighted by atomic mass is 16.4. The molecule has 1 aromatic heterocycles. The molecule has 0 saturated carbocycles. The van der Waals surface area contributed by atoms with Crippen LogP contribution in [0.1, 0.15) is 11.1 Å². The Hall–Kier alpha value is -2.82. The van der Waals surface area contributed by atoms with Crippen LogP contribution in [0.15, 0.2) is 45.8 Å². The summed E-state index contributed by atoms with van der Waals surface area (Å²) >= 11 is 0. The number of fused-ring (bicyclic) bond motifs is 2. The summed E-state index contributed by atoms with van der Waals surface area (Å²) in [6, 6.07) is 12.2. The third-order valence-corrected chi connectivity index (χ3v) is 3.54. The van der Waals surface area contributed by atoms with Gasteiger partial charge in [0, 0.05) is 5.56 Å². The first kappa shape index (κ1) is 11.0. The van der Waals surface area contributed by atoms with Gasteiger partial charge in [-0.2, -0.15) is 4.98 Å². The van der Waals surface area contributed by atoms with E-state index in [0.717, 1.165) is 27.8 Å². The number of hydrogen-bond donors (Lipinski definition) is 2. The summed E-state index contributed by atoms with van der Waals surface area (Å²) in [4.78, 5) is 8.40. The second kappa shape index (κ2) is 3.84. The van der Waals surface area contributed by atoms with Crippen molar-refractivity contribution in [2.24, 2.45) is 10.7 Å². The average molecular weight is 264 g/mol. The van der Waals surface area contributed by atoms with Gasteiger partial charge < -0.3 is 15.9 Å². The van der Waals surface area contributed by atoms with E-state index >= 15 is 0 Å². The highest BCUT2D eigenvalue weighted by Crippen LogP contribution is 2.28. The van der Waals surface area contributed by atoms with Crippen molar-refractivity contribution in [1.29, 1.82) is 0 Å². The minimum absolute atomic E-state index is 0.187. The summed E-state index contributed by atoms with van der Waals surface area (Å²) in [6.45, 7) is 0.647. The summed E-state index contributed by atoms with van der Waals surface area (Å²) in [5.41, 5.74) is 17.2. The largest absolute Gasteiger partial charge is 0.424 e. The zero-order valence-electron chi connectivity index (χ0n) is 10.6. The van der Waals surface area contributed by atoms with Crippen LogP contribution >= 0.6 is 0 Å². The van der Waals surface area contributed by atoms with Gasteiger partial charge in [-0.05, 0) is 34.9 Å². The molecule has 0 bridgehead atoms. The fourth-order valence-corrected chi connectivity index (χ4v) is 2.53. The molecule has 20 heavy (non-hydrogen) atoms. The van der Waals surface area contributed by atoms with Crippen molar-refractivity contribution >= 4 is 22.9 Å². The standard InChI is InChI=1S/C15H12N4O/c16-14-11-3-1-8(5-10(11)7-18-14)9-2-4-13-12(6-9)19-15(17)20-13/h1-6H,7H2,(H2,16,18)(H2,17,19). The van der Waals surface area contributed by atoms with E-state index in [4.69, 9.17) is 15.9 Å². The van der Waals surface area contributed by atoms with Crippen LogP contribution in [0.2, 0.25) is 0 Å². The number of anilines is 1. The van der Waals surface area contributed by atoms with E-state index in [2.05, 4.69) is 16.0 Å². The molecule has 4 rings (SSSR count). The van der Waals surface area contributed by atoms with Crippen LogP contribution in [-0.2, 0) is 6.54 Å². The predicted octanol–water partition coefficient (Wildman–Crippen LogP) is 2.30. The highest BCUT2D eigenvalue weighted by Gasteiger charge is 2.14. The highest BCUT2D eigenvalue weighted by molar-refractivity contribution is 6.01. The van der Waals surface area contributed by atoms with E-state index < -0.39 is 0 Å². The van der Waals surface area contributed by atoms with Crippen LogP contribution in [0.4, 0.5) is 6.01 Å². The molecule has 2 heterocycles. The van der Waals surface area contributed by atoms with Gasteiger partial charge in [-0.25, -0.2) is 0 Å². The number of aliphatic imine (C=N–C) groups is 1. The van der Waals surface area contributed by atoms with E-state index in [9.17, 15) is 0 Å². The normalized spacial score (nSPS) is 13.5. The van der Waals surface area contributed by atoms with Gasteiger partial charge in [-0.15, -0.1) is 0 Å². The van der Waals surface area contributed by atoms with Gasteiger partial charge in [0.15, 0.2) is 5.58 Å². The molecule has 1 aliphatic rings. The Balaban J connectivity index is 1.83. The number of rotatable bonds is 1. The molecule has 5 heteroatoms. The molecule has 2 aromatic carbocycles. The lowest BCUT2D eigenvalue weighted by molar-refractivity contribution is 0.626. The lowest BCUT2D eigenvalue weighted by Crippen LogP contribution is -2.10. The number of aromatic nitrogens is 1. The van der Waals surface area contributed by atoms with Crippen LogP contribution in [0, 0.1) is 0 Å². The smallest absolute Gasteiger partial charge is 0.292 e. The lowest BCUT2D eigenvalue weighted by Gasteiger charge is -2.05. The monoisotopic (exact) mass is 264 g/mol. The Kier molecular flexibility index (Phi) is 2.12. The molecule has 0 radical (unpaired) electrons. The van der Waals surface area contributed by atoms with Crippen LogP contribution in [0.25, 0.3) is 22.2 Å². The molecule has 98 valence electrons. The molecule has 0 atom stereocenters. The first-order valence-electron chi connectivity index (χ1n) is 6.30. The summed E-state index contributed by atoms with van der Waals surface area (Å²) in [7, 11) is 0. The second-order valence-electron chi connectivity index (χ2n) is 4.81. The van der Waals surface area contributed by atoms with Gasteiger partial charge in [0.05, 0.1) is 6.54 Å².